The van der Waals surface area contributed by atoms with Gasteiger partial charge in [-0.3, -0.25) is 19.9 Å². The van der Waals surface area contributed by atoms with Crippen molar-refractivity contribution in [2.45, 2.75) is 6.92 Å². The minimum absolute atomic E-state index is 0.0922. The lowest BCUT2D eigenvalue weighted by molar-refractivity contribution is 0.100. The summed E-state index contributed by atoms with van der Waals surface area (Å²) in [5.41, 5.74) is 0.377. The summed E-state index contributed by atoms with van der Waals surface area (Å²) in [5, 5.41) is 4.30. The summed E-state index contributed by atoms with van der Waals surface area (Å²) in [4.78, 5) is 30.2. The maximum absolute atomic E-state index is 12.9. The largest absolute Gasteiger partial charge is 0.298 e. The molecule has 92 valence electrons. The summed E-state index contributed by atoms with van der Waals surface area (Å²) in [6, 6.07) is 1.07. The highest BCUT2D eigenvalue weighted by Crippen LogP contribution is 2.16. The van der Waals surface area contributed by atoms with Crippen LogP contribution in [0.4, 0.5) is 9.52 Å². The van der Waals surface area contributed by atoms with Gasteiger partial charge in [0.15, 0.2) is 10.9 Å². The zero-order valence-corrected chi connectivity index (χ0v) is 10.1. The molecule has 0 saturated carbocycles. The van der Waals surface area contributed by atoms with E-state index in [-0.39, 0.29) is 22.2 Å². The van der Waals surface area contributed by atoms with E-state index in [1.54, 1.807) is 5.38 Å². The Balaban J connectivity index is 2.13. The van der Waals surface area contributed by atoms with E-state index in [0.29, 0.717) is 0 Å². The second-order valence-corrected chi connectivity index (χ2v) is 4.30. The van der Waals surface area contributed by atoms with Gasteiger partial charge in [-0.15, -0.1) is 11.3 Å². The number of hydrogen-bond acceptors (Lipinski definition) is 5. The number of anilines is 1. The average Bonchev–Trinajstić information content (AvgIpc) is 2.77. The van der Waals surface area contributed by atoms with Crippen LogP contribution in [0.1, 0.15) is 27.8 Å². The predicted octanol–water partition coefficient (Wildman–Crippen LogP) is 2.13. The van der Waals surface area contributed by atoms with Crippen LogP contribution in [0, 0.1) is 5.82 Å². The number of nitrogens with zero attached hydrogens (tertiary/aromatic N) is 2. The molecule has 0 aliphatic heterocycles. The molecule has 0 aliphatic carbocycles. The Morgan fingerprint density at radius 3 is 2.78 bits per heavy atom. The molecule has 0 bridgehead atoms. The lowest BCUT2D eigenvalue weighted by Crippen LogP contribution is -2.12. The van der Waals surface area contributed by atoms with Crippen LogP contribution in [0.15, 0.2) is 23.8 Å². The fraction of sp³-hybridized carbons (Fsp3) is 0.0909. The Morgan fingerprint density at radius 2 is 2.17 bits per heavy atom. The molecule has 2 aromatic rings. The van der Waals surface area contributed by atoms with Crippen molar-refractivity contribution in [3.05, 3.63) is 40.9 Å². The molecule has 0 fully saturated rings. The summed E-state index contributed by atoms with van der Waals surface area (Å²) in [7, 11) is 0. The summed E-state index contributed by atoms with van der Waals surface area (Å²) in [5.74, 6) is -1.29. The minimum Gasteiger partial charge on any atom is -0.298 e. The number of rotatable bonds is 3. The Morgan fingerprint density at radius 1 is 1.39 bits per heavy atom. The molecule has 0 aliphatic rings. The highest BCUT2D eigenvalue weighted by atomic mass is 32.1. The summed E-state index contributed by atoms with van der Waals surface area (Å²) in [6.45, 7) is 1.39. The number of carbonyl (C=O) groups is 2. The molecule has 2 heterocycles. The zero-order chi connectivity index (χ0) is 13.1. The van der Waals surface area contributed by atoms with Gasteiger partial charge in [0.1, 0.15) is 11.5 Å². The van der Waals surface area contributed by atoms with Gasteiger partial charge in [0.25, 0.3) is 5.91 Å². The summed E-state index contributed by atoms with van der Waals surface area (Å²) < 4.78 is 12.9. The van der Waals surface area contributed by atoms with Crippen molar-refractivity contribution in [1.82, 2.24) is 9.97 Å². The van der Waals surface area contributed by atoms with Crippen LogP contribution in [0.25, 0.3) is 0 Å². The molecule has 0 atom stereocenters. The normalized spacial score (nSPS) is 10.1. The first kappa shape index (κ1) is 12.3. The standard InChI is InChI=1S/C11H8FN3O2S/c1-6(16)9-5-18-11(14-9)15-10(17)7-2-8(12)4-13-3-7/h2-5H,1H3,(H,14,15,17). The van der Waals surface area contributed by atoms with Gasteiger partial charge in [-0.05, 0) is 6.07 Å². The smallest absolute Gasteiger partial charge is 0.259 e. The van der Waals surface area contributed by atoms with Crippen molar-refractivity contribution in [1.29, 1.82) is 0 Å². The first-order valence-corrected chi connectivity index (χ1v) is 5.82. The number of halogens is 1. The van der Waals surface area contributed by atoms with Crippen molar-refractivity contribution >= 4 is 28.2 Å². The van der Waals surface area contributed by atoms with Crippen molar-refractivity contribution in [2.75, 3.05) is 5.32 Å². The van der Waals surface area contributed by atoms with Gasteiger partial charge in [0.05, 0.1) is 11.8 Å². The molecule has 7 heteroatoms. The van der Waals surface area contributed by atoms with Crippen LogP contribution in [0.5, 0.6) is 0 Å². The fourth-order valence-corrected chi connectivity index (χ4v) is 1.94. The number of carbonyl (C=O) groups excluding carboxylic acids is 2. The second-order valence-electron chi connectivity index (χ2n) is 3.44. The van der Waals surface area contributed by atoms with E-state index in [0.717, 1.165) is 23.6 Å². The van der Waals surface area contributed by atoms with E-state index in [9.17, 15) is 14.0 Å². The molecule has 2 aromatic heterocycles. The van der Waals surface area contributed by atoms with Gasteiger partial charge < -0.3 is 0 Å². The lowest BCUT2D eigenvalue weighted by atomic mass is 10.3. The molecule has 0 radical (unpaired) electrons. The first-order chi connectivity index (χ1) is 8.56. The zero-order valence-electron chi connectivity index (χ0n) is 9.31. The molecule has 1 amide bonds. The number of amides is 1. The third kappa shape index (κ3) is 2.75. The average molecular weight is 265 g/mol. The van der Waals surface area contributed by atoms with Gasteiger partial charge in [0, 0.05) is 18.5 Å². The SMILES string of the molecule is CC(=O)c1csc(NC(=O)c2cncc(F)c2)n1. The van der Waals surface area contributed by atoms with Gasteiger partial charge >= 0.3 is 0 Å². The molecule has 0 spiro atoms. The third-order valence-corrected chi connectivity index (χ3v) is 2.81. The quantitative estimate of drug-likeness (QED) is 0.863. The van der Waals surface area contributed by atoms with Crippen molar-refractivity contribution in [3.8, 4) is 0 Å². The molecule has 5 nitrogen and oxygen atoms in total. The molecule has 2 rings (SSSR count). The van der Waals surface area contributed by atoms with Crippen LogP contribution in [0.3, 0.4) is 0 Å². The molecule has 0 unspecified atom stereocenters. The first-order valence-electron chi connectivity index (χ1n) is 4.94. The third-order valence-electron chi connectivity index (χ3n) is 2.05. The topological polar surface area (TPSA) is 72.0 Å². The van der Waals surface area contributed by atoms with Crippen LogP contribution in [-0.2, 0) is 0 Å². The van der Waals surface area contributed by atoms with Crippen molar-refractivity contribution < 1.29 is 14.0 Å². The summed E-state index contributed by atoms with van der Waals surface area (Å²) >= 11 is 1.13. The Labute approximate surface area is 106 Å². The predicted molar refractivity (Wildman–Crippen MR) is 64.3 cm³/mol. The molecule has 18 heavy (non-hydrogen) atoms. The lowest BCUT2D eigenvalue weighted by Gasteiger charge is -2.00. The van der Waals surface area contributed by atoms with Crippen LogP contribution in [0.2, 0.25) is 0 Å². The Bertz CT molecular complexity index is 612. The monoisotopic (exact) mass is 265 g/mol. The molecular formula is C11H8FN3O2S. The van der Waals surface area contributed by atoms with E-state index >= 15 is 0 Å². The maximum Gasteiger partial charge on any atom is 0.259 e. The number of Topliss-reactive ketones (excluding diaryl/α,β-unsaturated/α-hetero) is 1. The number of nitrogens with one attached hydrogen (secondary N) is 1. The van der Waals surface area contributed by atoms with Gasteiger partial charge in [-0.25, -0.2) is 9.37 Å². The number of ketones is 1. The van der Waals surface area contributed by atoms with E-state index < -0.39 is 11.7 Å². The number of pyridine rings is 1. The Kier molecular flexibility index (Phi) is 3.42. The Hall–Kier alpha value is -2.15. The molecule has 1 N–H and O–H groups in total. The van der Waals surface area contributed by atoms with E-state index in [2.05, 4.69) is 15.3 Å². The van der Waals surface area contributed by atoms with Crippen molar-refractivity contribution in [3.63, 3.8) is 0 Å². The van der Waals surface area contributed by atoms with E-state index in [1.807, 2.05) is 0 Å². The van der Waals surface area contributed by atoms with Gasteiger partial charge in [-0.2, -0.15) is 0 Å². The summed E-state index contributed by atoms with van der Waals surface area (Å²) in [6.07, 6.45) is 2.26. The highest BCUT2D eigenvalue weighted by Gasteiger charge is 2.11. The number of thiazole rings is 1. The van der Waals surface area contributed by atoms with Crippen LogP contribution in [-0.4, -0.2) is 21.7 Å². The minimum atomic E-state index is -0.591. The van der Waals surface area contributed by atoms with Crippen LogP contribution < -0.4 is 5.32 Å². The van der Waals surface area contributed by atoms with E-state index in [4.69, 9.17) is 0 Å². The molecule has 0 saturated heterocycles. The second kappa shape index (κ2) is 5.01. The van der Waals surface area contributed by atoms with Gasteiger partial charge in [0.2, 0.25) is 0 Å². The number of aromatic nitrogens is 2. The van der Waals surface area contributed by atoms with Gasteiger partial charge in [-0.1, -0.05) is 0 Å². The molecular weight excluding hydrogens is 257 g/mol. The fourth-order valence-electron chi connectivity index (χ4n) is 1.20. The van der Waals surface area contributed by atoms with E-state index in [1.165, 1.54) is 13.1 Å². The number of hydrogen-bond donors (Lipinski definition) is 1. The molecule has 0 aromatic carbocycles. The van der Waals surface area contributed by atoms with Crippen LogP contribution >= 0.6 is 11.3 Å². The van der Waals surface area contributed by atoms with Crippen molar-refractivity contribution in [2.24, 2.45) is 0 Å². The highest BCUT2D eigenvalue weighted by molar-refractivity contribution is 7.14. The maximum atomic E-state index is 12.9.